The molecule has 0 aromatic carbocycles. The molecule has 1 unspecified atom stereocenters. The summed E-state index contributed by atoms with van der Waals surface area (Å²) in [4.78, 5) is 4.46. The van der Waals surface area contributed by atoms with Crippen LogP contribution in [0.2, 0.25) is 0 Å². The minimum atomic E-state index is -0.699. The molecule has 1 atom stereocenters. The molecule has 0 fully saturated rings. The molecule has 0 aliphatic heterocycles. The first-order valence-corrected chi connectivity index (χ1v) is 6.18. The molecule has 0 aliphatic rings. The molecule has 0 bridgehead atoms. The van der Waals surface area contributed by atoms with Gasteiger partial charge in [-0.05, 0) is 38.3 Å². The molecule has 1 heterocycles. The lowest BCUT2D eigenvalue weighted by molar-refractivity contribution is 0.0740. The third-order valence-corrected chi connectivity index (χ3v) is 2.77. The normalized spacial score (nSPS) is 14.1. The van der Waals surface area contributed by atoms with Gasteiger partial charge < -0.3 is 10.4 Å². The molecule has 0 saturated heterocycles. The van der Waals surface area contributed by atoms with Gasteiger partial charge >= 0.3 is 0 Å². The van der Waals surface area contributed by atoms with Crippen LogP contribution in [-0.2, 0) is 0 Å². The van der Waals surface area contributed by atoms with Crippen molar-refractivity contribution in [2.75, 3.05) is 6.54 Å². The Labute approximate surface area is 104 Å². The molecular formula is C14H24N2O. The van der Waals surface area contributed by atoms with Crippen molar-refractivity contribution in [3.63, 3.8) is 0 Å². The maximum Gasteiger partial charge on any atom is 0.0715 e. The first-order chi connectivity index (χ1) is 7.81. The van der Waals surface area contributed by atoms with Gasteiger partial charge in [-0.1, -0.05) is 19.9 Å². The molecule has 2 N–H and O–H groups in total. The number of nitrogens with zero attached hydrogens (tertiary/aromatic N) is 1. The van der Waals surface area contributed by atoms with Gasteiger partial charge in [0.2, 0.25) is 0 Å². The molecule has 0 saturated carbocycles. The van der Waals surface area contributed by atoms with E-state index in [2.05, 4.69) is 37.1 Å². The van der Waals surface area contributed by atoms with Crippen molar-refractivity contribution in [2.45, 2.75) is 46.3 Å². The van der Waals surface area contributed by atoms with E-state index in [1.54, 1.807) is 0 Å². The summed E-state index contributed by atoms with van der Waals surface area (Å²) in [5, 5.41) is 13.2. The molecule has 0 spiro atoms. The minimum Gasteiger partial charge on any atom is -0.389 e. The van der Waals surface area contributed by atoms with Gasteiger partial charge in [0, 0.05) is 12.7 Å². The van der Waals surface area contributed by atoms with Gasteiger partial charge in [0.05, 0.1) is 17.3 Å². The highest BCUT2D eigenvalue weighted by Crippen LogP contribution is 2.22. The summed E-state index contributed by atoms with van der Waals surface area (Å²) >= 11 is 0. The van der Waals surface area contributed by atoms with Crippen LogP contribution in [0.5, 0.6) is 0 Å². The van der Waals surface area contributed by atoms with Crippen molar-refractivity contribution in [1.29, 1.82) is 0 Å². The first kappa shape index (κ1) is 14.1. The monoisotopic (exact) mass is 236 g/mol. The van der Waals surface area contributed by atoms with E-state index in [1.165, 1.54) is 5.56 Å². The van der Waals surface area contributed by atoms with E-state index in [0.29, 0.717) is 12.5 Å². The van der Waals surface area contributed by atoms with E-state index in [1.807, 2.05) is 26.1 Å². The van der Waals surface area contributed by atoms with Crippen molar-refractivity contribution in [1.82, 2.24) is 10.3 Å². The fourth-order valence-electron chi connectivity index (χ4n) is 1.83. The Morgan fingerprint density at radius 3 is 2.53 bits per heavy atom. The summed E-state index contributed by atoms with van der Waals surface area (Å²) in [6, 6.07) is 4.21. The van der Waals surface area contributed by atoms with E-state index in [4.69, 9.17) is 0 Å². The van der Waals surface area contributed by atoms with Crippen LogP contribution in [-0.4, -0.2) is 22.2 Å². The molecule has 1 rings (SSSR count). The molecule has 96 valence electrons. The lowest BCUT2D eigenvalue weighted by atomic mass is 9.96. The fourth-order valence-corrected chi connectivity index (χ4v) is 1.83. The SMILES string of the molecule is Cc1cccnc1C(NCC(C)(C)O)C(C)C. The highest BCUT2D eigenvalue weighted by Gasteiger charge is 2.21. The molecule has 1 aromatic rings. The maximum absolute atomic E-state index is 9.78. The van der Waals surface area contributed by atoms with Gasteiger partial charge in [-0.3, -0.25) is 4.98 Å². The van der Waals surface area contributed by atoms with Crippen LogP contribution in [0, 0.1) is 12.8 Å². The summed E-state index contributed by atoms with van der Waals surface area (Å²) in [5.74, 6) is 0.436. The fraction of sp³-hybridized carbons (Fsp3) is 0.643. The van der Waals surface area contributed by atoms with Crippen LogP contribution < -0.4 is 5.32 Å². The van der Waals surface area contributed by atoms with E-state index in [9.17, 15) is 5.11 Å². The standard InChI is InChI=1S/C14H24N2O/c1-10(2)12(16-9-14(4,5)17)13-11(3)7-6-8-15-13/h6-8,10,12,16-17H,9H2,1-5H3. The van der Waals surface area contributed by atoms with Crippen LogP contribution in [0.15, 0.2) is 18.3 Å². The van der Waals surface area contributed by atoms with Crippen molar-refractivity contribution < 1.29 is 5.11 Å². The lowest BCUT2D eigenvalue weighted by Crippen LogP contribution is -2.39. The number of rotatable bonds is 5. The number of pyridine rings is 1. The second-order valence-electron chi connectivity index (χ2n) is 5.62. The van der Waals surface area contributed by atoms with Crippen LogP contribution in [0.3, 0.4) is 0 Å². The lowest BCUT2D eigenvalue weighted by Gasteiger charge is -2.27. The zero-order valence-electron chi connectivity index (χ0n) is 11.5. The highest BCUT2D eigenvalue weighted by molar-refractivity contribution is 5.21. The summed E-state index contributed by atoms with van der Waals surface area (Å²) in [5.41, 5.74) is 1.57. The van der Waals surface area contributed by atoms with Crippen LogP contribution >= 0.6 is 0 Å². The average Bonchev–Trinajstić information content (AvgIpc) is 2.18. The quantitative estimate of drug-likeness (QED) is 0.825. The number of aliphatic hydroxyl groups is 1. The average molecular weight is 236 g/mol. The van der Waals surface area contributed by atoms with Crippen LogP contribution in [0.4, 0.5) is 0 Å². The molecule has 0 aliphatic carbocycles. The molecule has 0 amide bonds. The van der Waals surface area contributed by atoms with Gasteiger partial charge in [0.15, 0.2) is 0 Å². The van der Waals surface area contributed by atoms with Gasteiger partial charge in [-0.2, -0.15) is 0 Å². The van der Waals surface area contributed by atoms with Gasteiger partial charge in [-0.15, -0.1) is 0 Å². The van der Waals surface area contributed by atoms with Crippen molar-refractivity contribution in [3.8, 4) is 0 Å². The summed E-state index contributed by atoms with van der Waals surface area (Å²) in [6.45, 7) is 10.6. The largest absolute Gasteiger partial charge is 0.389 e. The van der Waals surface area contributed by atoms with E-state index in [0.717, 1.165) is 5.69 Å². The van der Waals surface area contributed by atoms with E-state index >= 15 is 0 Å². The number of aromatic nitrogens is 1. The Bertz CT molecular complexity index is 355. The molecule has 1 aromatic heterocycles. The zero-order chi connectivity index (χ0) is 13.1. The molecule has 3 nitrogen and oxygen atoms in total. The Morgan fingerprint density at radius 2 is 2.06 bits per heavy atom. The van der Waals surface area contributed by atoms with Crippen LogP contribution in [0.25, 0.3) is 0 Å². The van der Waals surface area contributed by atoms with E-state index < -0.39 is 5.60 Å². The van der Waals surface area contributed by atoms with Gasteiger partial charge in [-0.25, -0.2) is 0 Å². The summed E-state index contributed by atoms with van der Waals surface area (Å²) in [6.07, 6.45) is 1.82. The second kappa shape index (κ2) is 5.61. The Morgan fingerprint density at radius 1 is 1.41 bits per heavy atom. The minimum absolute atomic E-state index is 0.183. The van der Waals surface area contributed by atoms with Crippen LogP contribution in [0.1, 0.15) is 45.0 Å². The zero-order valence-corrected chi connectivity index (χ0v) is 11.5. The third-order valence-electron chi connectivity index (χ3n) is 2.77. The summed E-state index contributed by atoms with van der Waals surface area (Å²) < 4.78 is 0. The predicted octanol–water partition coefficient (Wildman–Crippen LogP) is 2.45. The van der Waals surface area contributed by atoms with Gasteiger partial charge in [0.25, 0.3) is 0 Å². The molecular weight excluding hydrogens is 212 g/mol. The number of aryl methyl sites for hydroxylation is 1. The Balaban J connectivity index is 2.84. The van der Waals surface area contributed by atoms with E-state index in [-0.39, 0.29) is 6.04 Å². The topological polar surface area (TPSA) is 45.2 Å². The number of nitrogens with one attached hydrogen (secondary N) is 1. The van der Waals surface area contributed by atoms with Crippen molar-refractivity contribution in [2.24, 2.45) is 5.92 Å². The van der Waals surface area contributed by atoms with Gasteiger partial charge in [0.1, 0.15) is 0 Å². The Hall–Kier alpha value is -0.930. The molecule has 0 radical (unpaired) electrons. The third kappa shape index (κ3) is 4.44. The second-order valence-corrected chi connectivity index (χ2v) is 5.62. The number of hydrogen-bond acceptors (Lipinski definition) is 3. The predicted molar refractivity (Wildman–Crippen MR) is 70.9 cm³/mol. The van der Waals surface area contributed by atoms with Crippen molar-refractivity contribution >= 4 is 0 Å². The maximum atomic E-state index is 9.78. The first-order valence-electron chi connectivity index (χ1n) is 6.18. The Kier molecular flexibility index (Phi) is 4.66. The summed E-state index contributed by atoms with van der Waals surface area (Å²) in [7, 11) is 0. The highest BCUT2D eigenvalue weighted by atomic mass is 16.3. The van der Waals surface area contributed by atoms with Crippen molar-refractivity contribution in [3.05, 3.63) is 29.6 Å². The molecule has 17 heavy (non-hydrogen) atoms. The smallest absolute Gasteiger partial charge is 0.0715 e. The number of hydrogen-bond donors (Lipinski definition) is 2. The molecule has 3 heteroatoms.